The number of rotatable bonds is 5. The maximum absolute atomic E-state index is 11.9. The van der Waals surface area contributed by atoms with Crippen LogP contribution in [0.25, 0.3) is 0 Å². The van der Waals surface area contributed by atoms with Crippen LogP contribution in [0.2, 0.25) is 0 Å². The highest BCUT2D eigenvalue weighted by molar-refractivity contribution is 7.12. The van der Waals surface area contributed by atoms with Crippen LogP contribution < -0.4 is 5.32 Å². The Kier molecular flexibility index (Phi) is 4.79. The summed E-state index contributed by atoms with van der Waals surface area (Å²) in [6.45, 7) is 0. The lowest BCUT2D eigenvalue weighted by Crippen LogP contribution is -2.37. The van der Waals surface area contributed by atoms with Crippen LogP contribution in [0.1, 0.15) is 15.2 Å². The highest BCUT2D eigenvalue weighted by Crippen LogP contribution is 2.10. The van der Waals surface area contributed by atoms with E-state index in [-0.39, 0.29) is 11.9 Å². The lowest BCUT2D eigenvalue weighted by Gasteiger charge is -2.15. The normalized spacial score (nSPS) is 12.1. The Hall–Kier alpha value is -1.32. The molecule has 94 valence electrons. The molecular formula is C14H14ClNOS. The topological polar surface area (TPSA) is 29.1 Å². The zero-order valence-corrected chi connectivity index (χ0v) is 11.4. The van der Waals surface area contributed by atoms with Gasteiger partial charge in [0, 0.05) is 11.9 Å². The van der Waals surface area contributed by atoms with Crippen LogP contribution in [-0.2, 0) is 6.42 Å². The quantitative estimate of drug-likeness (QED) is 0.836. The van der Waals surface area contributed by atoms with Gasteiger partial charge in [-0.3, -0.25) is 4.79 Å². The molecule has 2 nitrogen and oxygen atoms in total. The second kappa shape index (κ2) is 6.57. The predicted molar refractivity (Wildman–Crippen MR) is 76.4 cm³/mol. The minimum atomic E-state index is -0.0495. The fourth-order valence-corrected chi connectivity index (χ4v) is 2.52. The van der Waals surface area contributed by atoms with Gasteiger partial charge in [0.15, 0.2) is 0 Å². The van der Waals surface area contributed by atoms with Crippen LogP contribution in [0.4, 0.5) is 0 Å². The second-order valence-corrected chi connectivity index (χ2v) is 5.25. The van der Waals surface area contributed by atoms with E-state index in [1.165, 1.54) is 16.9 Å². The molecule has 0 spiro atoms. The first-order chi connectivity index (χ1) is 8.79. The summed E-state index contributed by atoms with van der Waals surface area (Å²) < 4.78 is 0. The fraction of sp³-hybridized carbons (Fsp3) is 0.214. The van der Waals surface area contributed by atoms with Crippen molar-refractivity contribution in [2.75, 3.05) is 5.88 Å². The third kappa shape index (κ3) is 3.59. The highest BCUT2D eigenvalue weighted by atomic mass is 35.5. The summed E-state index contributed by atoms with van der Waals surface area (Å²) in [7, 11) is 0. The standard InChI is InChI=1S/C14H14ClNOS/c15-10-12(9-11-5-2-1-3-6-11)16-14(17)13-7-4-8-18-13/h1-8,12H,9-10H2,(H,16,17). The number of benzene rings is 1. The van der Waals surface area contributed by atoms with Gasteiger partial charge in [-0.25, -0.2) is 0 Å². The smallest absolute Gasteiger partial charge is 0.261 e. The fourth-order valence-electron chi connectivity index (χ4n) is 1.71. The van der Waals surface area contributed by atoms with Gasteiger partial charge in [0.25, 0.3) is 5.91 Å². The summed E-state index contributed by atoms with van der Waals surface area (Å²) in [4.78, 5) is 12.6. The van der Waals surface area contributed by atoms with Crippen molar-refractivity contribution in [2.24, 2.45) is 0 Å². The van der Waals surface area contributed by atoms with Crippen molar-refractivity contribution in [3.63, 3.8) is 0 Å². The first-order valence-corrected chi connectivity index (χ1v) is 7.15. The van der Waals surface area contributed by atoms with Crippen LogP contribution in [0, 0.1) is 0 Å². The van der Waals surface area contributed by atoms with Crippen molar-refractivity contribution in [3.8, 4) is 0 Å². The van der Waals surface area contributed by atoms with E-state index in [9.17, 15) is 4.79 Å². The zero-order chi connectivity index (χ0) is 12.8. The number of amides is 1. The van der Waals surface area contributed by atoms with E-state index in [1.807, 2.05) is 47.8 Å². The summed E-state index contributed by atoms with van der Waals surface area (Å²) in [6, 6.07) is 13.7. The van der Waals surface area contributed by atoms with Gasteiger partial charge in [0.05, 0.1) is 4.88 Å². The van der Waals surface area contributed by atoms with E-state index in [1.54, 1.807) is 0 Å². The van der Waals surface area contributed by atoms with Crippen LogP contribution in [0.5, 0.6) is 0 Å². The molecule has 0 fully saturated rings. The van der Waals surface area contributed by atoms with Gasteiger partial charge in [0.1, 0.15) is 0 Å². The molecule has 1 amide bonds. The largest absolute Gasteiger partial charge is 0.347 e. The average molecular weight is 280 g/mol. The van der Waals surface area contributed by atoms with Gasteiger partial charge >= 0.3 is 0 Å². The molecule has 0 aliphatic heterocycles. The average Bonchev–Trinajstić information content (AvgIpc) is 2.93. The molecule has 0 aliphatic rings. The molecule has 0 saturated heterocycles. The molecule has 0 bridgehead atoms. The molecule has 0 aliphatic carbocycles. The Morgan fingerprint density at radius 1 is 1.22 bits per heavy atom. The first kappa shape index (κ1) is 13.1. The molecule has 1 heterocycles. The number of nitrogens with one attached hydrogen (secondary N) is 1. The number of carbonyl (C=O) groups excluding carboxylic acids is 1. The molecule has 1 aromatic heterocycles. The summed E-state index contributed by atoms with van der Waals surface area (Å²) in [5.41, 5.74) is 1.18. The number of halogens is 1. The molecule has 2 aromatic rings. The van der Waals surface area contributed by atoms with Crippen molar-refractivity contribution >= 4 is 28.8 Å². The van der Waals surface area contributed by atoms with Crippen molar-refractivity contribution in [3.05, 3.63) is 58.3 Å². The van der Waals surface area contributed by atoms with Gasteiger partial charge in [0.2, 0.25) is 0 Å². The second-order valence-electron chi connectivity index (χ2n) is 3.99. The molecule has 1 unspecified atom stereocenters. The molecule has 1 aromatic carbocycles. The lowest BCUT2D eigenvalue weighted by atomic mass is 10.1. The number of thiophene rings is 1. The van der Waals surface area contributed by atoms with E-state index in [0.29, 0.717) is 5.88 Å². The minimum Gasteiger partial charge on any atom is -0.347 e. The third-order valence-corrected chi connectivity index (χ3v) is 3.83. The molecule has 18 heavy (non-hydrogen) atoms. The monoisotopic (exact) mass is 279 g/mol. The molecule has 0 radical (unpaired) electrons. The van der Waals surface area contributed by atoms with E-state index >= 15 is 0 Å². The van der Waals surface area contributed by atoms with Crippen LogP contribution in [0.15, 0.2) is 47.8 Å². The molecule has 1 N–H and O–H groups in total. The van der Waals surface area contributed by atoms with Crippen molar-refractivity contribution in [2.45, 2.75) is 12.5 Å². The summed E-state index contributed by atoms with van der Waals surface area (Å²) in [5, 5.41) is 4.85. The Balaban J connectivity index is 1.96. The maximum Gasteiger partial charge on any atom is 0.261 e. The molecular weight excluding hydrogens is 266 g/mol. The zero-order valence-electron chi connectivity index (χ0n) is 9.80. The van der Waals surface area contributed by atoms with Crippen molar-refractivity contribution in [1.29, 1.82) is 0 Å². The third-order valence-electron chi connectivity index (χ3n) is 2.59. The first-order valence-electron chi connectivity index (χ1n) is 5.74. The predicted octanol–water partition coefficient (Wildman–Crippen LogP) is 3.33. The van der Waals surface area contributed by atoms with Crippen LogP contribution >= 0.6 is 22.9 Å². The van der Waals surface area contributed by atoms with Gasteiger partial charge in [-0.05, 0) is 23.4 Å². The Morgan fingerprint density at radius 3 is 2.61 bits per heavy atom. The highest BCUT2D eigenvalue weighted by Gasteiger charge is 2.13. The van der Waals surface area contributed by atoms with Crippen LogP contribution in [-0.4, -0.2) is 17.8 Å². The Morgan fingerprint density at radius 2 is 2.00 bits per heavy atom. The van der Waals surface area contributed by atoms with E-state index < -0.39 is 0 Å². The van der Waals surface area contributed by atoms with Crippen LogP contribution in [0.3, 0.4) is 0 Å². The summed E-state index contributed by atoms with van der Waals surface area (Å²) >= 11 is 7.35. The minimum absolute atomic E-state index is 0.0383. The maximum atomic E-state index is 11.9. The summed E-state index contributed by atoms with van der Waals surface area (Å²) in [5.74, 6) is 0.359. The number of hydrogen-bond donors (Lipinski definition) is 1. The lowest BCUT2D eigenvalue weighted by molar-refractivity contribution is 0.0944. The van der Waals surface area contributed by atoms with E-state index in [4.69, 9.17) is 11.6 Å². The Bertz CT molecular complexity index is 484. The van der Waals surface area contributed by atoms with E-state index in [2.05, 4.69) is 5.32 Å². The number of carbonyl (C=O) groups is 1. The van der Waals surface area contributed by atoms with Gasteiger partial charge in [-0.1, -0.05) is 36.4 Å². The van der Waals surface area contributed by atoms with Gasteiger partial charge in [-0.15, -0.1) is 22.9 Å². The molecule has 4 heteroatoms. The SMILES string of the molecule is O=C(NC(CCl)Cc1ccccc1)c1cccs1. The Labute approximate surface area is 116 Å². The van der Waals surface area contributed by atoms with Gasteiger partial charge in [-0.2, -0.15) is 0 Å². The molecule has 0 saturated carbocycles. The van der Waals surface area contributed by atoms with E-state index in [0.717, 1.165) is 11.3 Å². The number of alkyl halides is 1. The van der Waals surface area contributed by atoms with Gasteiger partial charge < -0.3 is 5.32 Å². The summed E-state index contributed by atoms with van der Waals surface area (Å²) in [6.07, 6.45) is 0.751. The molecule has 2 rings (SSSR count). The van der Waals surface area contributed by atoms with Crippen molar-refractivity contribution < 1.29 is 4.79 Å². The molecule has 1 atom stereocenters. The number of hydrogen-bond acceptors (Lipinski definition) is 2. The van der Waals surface area contributed by atoms with Crippen molar-refractivity contribution in [1.82, 2.24) is 5.32 Å².